The van der Waals surface area contributed by atoms with E-state index in [1.807, 2.05) is 19.9 Å². The second kappa shape index (κ2) is 9.83. The lowest BCUT2D eigenvalue weighted by Crippen LogP contribution is -2.18. The molecule has 1 aromatic heterocycles. The topological polar surface area (TPSA) is 102 Å². The molecular formula is C26H28N2O5S2. The Morgan fingerprint density at radius 2 is 1.83 bits per heavy atom. The Bertz CT molecular complexity index is 1420. The summed E-state index contributed by atoms with van der Waals surface area (Å²) in [6.07, 6.45) is 2.60. The van der Waals surface area contributed by atoms with Gasteiger partial charge in [-0.1, -0.05) is 18.2 Å². The van der Waals surface area contributed by atoms with Gasteiger partial charge in [-0.05, 0) is 87.4 Å². The third-order valence-corrected chi connectivity index (χ3v) is 8.93. The number of hydrogen-bond donors (Lipinski definition) is 2. The van der Waals surface area contributed by atoms with Crippen molar-refractivity contribution in [2.45, 2.75) is 51.9 Å². The van der Waals surface area contributed by atoms with Crippen molar-refractivity contribution in [1.82, 2.24) is 0 Å². The van der Waals surface area contributed by atoms with Crippen LogP contribution in [-0.4, -0.2) is 26.9 Å². The molecule has 1 aliphatic rings. The fourth-order valence-electron chi connectivity index (χ4n) is 4.18. The molecular weight excluding hydrogens is 484 g/mol. The van der Waals surface area contributed by atoms with Crippen molar-refractivity contribution in [3.05, 3.63) is 74.7 Å². The lowest BCUT2D eigenvalue weighted by molar-refractivity contribution is 0.0527. The minimum absolute atomic E-state index is 0.0188. The fraction of sp³-hybridized carbons (Fsp3) is 0.308. The van der Waals surface area contributed by atoms with Gasteiger partial charge >= 0.3 is 5.97 Å². The summed E-state index contributed by atoms with van der Waals surface area (Å²) in [4.78, 5) is 26.9. The van der Waals surface area contributed by atoms with E-state index in [0.717, 1.165) is 40.8 Å². The molecule has 0 atom stereocenters. The molecule has 184 valence electrons. The number of amides is 1. The number of thiophene rings is 1. The normalized spacial score (nSPS) is 12.8. The number of carbonyl (C=O) groups is 2. The number of sulfonamides is 1. The van der Waals surface area contributed by atoms with Crippen LogP contribution in [0.15, 0.2) is 41.3 Å². The number of benzene rings is 2. The van der Waals surface area contributed by atoms with E-state index in [1.54, 1.807) is 38.1 Å². The molecule has 0 unspecified atom stereocenters. The molecule has 35 heavy (non-hydrogen) atoms. The molecule has 1 heterocycles. The number of hydrogen-bond acceptors (Lipinski definition) is 6. The van der Waals surface area contributed by atoms with E-state index in [0.29, 0.717) is 21.8 Å². The van der Waals surface area contributed by atoms with Crippen LogP contribution in [0.5, 0.6) is 0 Å². The molecule has 0 radical (unpaired) electrons. The molecule has 1 amide bonds. The van der Waals surface area contributed by atoms with Crippen LogP contribution < -0.4 is 10.0 Å². The molecule has 9 heteroatoms. The second-order valence-corrected chi connectivity index (χ2v) is 11.3. The molecule has 1 aliphatic carbocycles. The summed E-state index contributed by atoms with van der Waals surface area (Å²) in [6.45, 7) is 7.42. The summed E-state index contributed by atoms with van der Waals surface area (Å²) in [6, 6.07) is 9.95. The van der Waals surface area contributed by atoms with Gasteiger partial charge < -0.3 is 10.1 Å². The Labute approximate surface area is 209 Å². The average molecular weight is 513 g/mol. The SMILES string of the molecule is CCOC(=O)c1c(NC(=O)c2ccc(C)c(S(=O)(=O)Nc3cccc(C)c3C)c2)sc2c1CCC2. The van der Waals surface area contributed by atoms with Gasteiger partial charge in [0, 0.05) is 10.4 Å². The highest BCUT2D eigenvalue weighted by Gasteiger charge is 2.29. The zero-order chi connectivity index (χ0) is 25.3. The largest absolute Gasteiger partial charge is 0.462 e. The monoisotopic (exact) mass is 512 g/mol. The maximum Gasteiger partial charge on any atom is 0.341 e. The van der Waals surface area contributed by atoms with Crippen LogP contribution in [0.25, 0.3) is 0 Å². The minimum atomic E-state index is -3.94. The summed E-state index contributed by atoms with van der Waals surface area (Å²) < 4.78 is 34.3. The van der Waals surface area contributed by atoms with Crippen molar-refractivity contribution in [1.29, 1.82) is 0 Å². The second-order valence-electron chi connectivity index (χ2n) is 8.57. The molecule has 0 spiro atoms. The number of nitrogens with one attached hydrogen (secondary N) is 2. The number of anilines is 2. The van der Waals surface area contributed by atoms with Gasteiger partial charge in [-0.25, -0.2) is 13.2 Å². The Hall–Kier alpha value is -3.17. The van der Waals surface area contributed by atoms with Gasteiger partial charge in [-0.15, -0.1) is 11.3 Å². The lowest BCUT2D eigenvalue weighted by Gasteiger charge is -2.14. The molecule has 2 N–H and O–H groups in total. The molecule has 0 bridgehead atoms. The highest BCUT2D eigenvalue weighted by molar-refractivity contribution is 7.92. The first-order valence-electron chi connectivity index (χ1n) is 11.4. The van der Waals surface area contributed by atoms with Gasteiger partial charge in [0.05, 0.1) is 22.8 Å². The van der Waals surface area contributed by atoms with Gasteiger partial charge in [-0.3, -0.25) is 9.52 Å². The predicted octanol–water partition coefficient (Wildman–Crippen LogP) is 5.39. The lowest BCUT2D eigenvalue weighted by atomic mass is 10.1. The maximum absolute atomic E-state index is 13.2. The van der Waals surface area contributed by atoms with E-state index in [1.165, 1.54) is 17.4 Å². The van der Waals surface area contributed by atoms with Gasteiger partial charge in [-0.2, -0.15) is 0 Å². The highest BCUT2D eigenvalue weighted by Crippen LogP contribution is 2.39. The van der Waals surface area contributed by atoms with Crippen molar-refractivity contribution in [2.24, 2.45) is 0 Å². The summed E-state index contributed by atoms with van der Waals surface area (Å²) in [5.74, 6) is -0.939. The van der Waals surface area contributed by atoms with E-state index in [-0.39, 0.29) is 17.1 Å². The zero-order valence-corrected chi connectivity index (χ0v) is 21.8. The zero-order valence-electron chi connectivity index (χ0n) is 20.2. The fourth-order valence-corrected chi connectivity index (χ4v) is 6.85. The van der Waals surface area contributed by atoms with E-state index in [9.17, 15) is 18.0 Å². The standard InChI is InChI=1S/C26H28N2O5S2/c1-5-33-26(30)23-19-9-7-11-21(19)34-25(23)27-24(29)18-13-12-16(3)22(14-18)35(31,32)28-20-10-6-8-15(2)17(20)4/h6,8,10,12-14,28H,5,7,9,11H2,1-4H3,(H,27,29). The molecule has 4 rings (SSSR count). The van der Waals surface area contributed by atoms with Crippen LogP contribution in [0, 0.1) is 20.8 Å². The first kappa shape index (κ1) is 24.9. The number of rotatable bonds is 7. The van der Waals surface area contributed by atoms with E-state index in [4.69, 9.17) is 4.74 Å². The summed E-state index contributed by atoms with van der Waals surface area (Å²) >= 11 is 1.38. The maximum atomic E-state index is 13.2. The van der Waals surface area contributed by atoms with Crippen LogP contribution in [0.4, 0.5) is 10.7 Å². The van der Waals surface area contributed by atoms with E-state index < -0.39 is 21.9 Å². The molecule has 0 saturated carbocycles. The minimum Gasteiger partial charge on any atom is -0.462 e. The van der Waals surface area contributed by atoms with Crippen molar-refractivity contribution in [3.8, 4) is 0 Å². The first-order chi connectivity index (χ1) is 16.6. The van der Waals surface area contributed by atoms with Gasteiger partial charge in [0.2, 0.25) is 0 Å². The third kappa shape index (κ3) is 4.97. The van der Waals surface area contributed by atoms with Gasteiger partial charge in [0.15, 0.2) is 0 Å². The molecule has 2 aromatic carbocycles. The number of carbonyl (C=O) groups excluding carboxylic acids is 2. The predicted molar refractivity (Wildman–Crippen MR) is 138 cm³/mol. The van der Waals surface area contributed by atoms with Crippen LogP contribution in [0.2, 0.25) is 0 Å². The number of esters is 1. The van der Waals surface area contributed by atoms with E-state index in [2.05, 4.69) is 10.0 Å². The molecule has 0 aliphatic heterocycles. The summed E-state index contributed by atoms with van der Waals surface area (Å²) in [5.41, 5.74) is 4.34. The van der Waals surface area contributed by atoms with Crippen LogP contribution in [0.1, 0.15) is 61.2 Å². The Morgan fingerprint density at radius 3 is 2.57 bits per heavy atom. The van der Waals surface area contributed by atoms with Crippen LogP contribution in [-0.2, 0) is 27.6 Å². The summed E-state index contributed by atoms with van der Waals surface area (Å²) in [5, 5.41) is 3.26. The highest BCUT2D eigenvalue weighted by atomic mass is 32.2. The van der Waals surface area contributed by atoms with Crippen molar-refractivity contribution >= 4 is 43.9 Å². The molecule has 0 saturated heterocycles. The van der Waals surface area contributed by atoms with Gasteiger partial charge in [0.25, 0.3) is 15.9 Å². The Morgan fingerprint density at radius 1 is 1.06 bits per heavy atom. The number of aryl methyl sites for hydroxylation is 3. The van der Waals surface area contributed by atoms with Crippen molar-refractivity contribution < 1.29 is 22.7 Å². The van der Waals surface area contributed by atoms with E-state index >= 15 is 0 Å². The molecule has 7 nitrogen and oxygen atoms in total. The van der Waals surface area contributed by atoms with Gasteiger partial charge in [0.1, 0.15) is 5.00 Å². The van der Waals surface area contributed by atoms with Crippen molar-refractivity contribution in [2.75, 3.05) is 16.6 Å². The Balaban J connectivity index is 1.64. The molecule has 3 aromatic rings. The van der Waals surface area contributed by atoms with Crippen LogP contribution >= 0.6 is 11.3 Å². The third-order valence-electron chi connectivity index (χ3n) is 6.22. The number of ether oxygens (including phenoxy) is 1. The quantitative estimate of drug-likeness (QED) is 0.413. The van der Waals surface area contributed by atoms with Crippen molar-refractivity contribution in [3.63, 3.8) is 0 Å². The Kier molecular flexibility index (Phi) is 7.00. The average Bonchev–Trinajstić information content (AvgIpc) is 3.38. The van der Waals surface area contributed by atoms with Crippen LogP contribution in [0.3, 0.4) is 0 Å². The number of fused-ring (bicyclic) bond motifs is 1. The first-order valence-corrected chi connectivity index (χ1v) is 13.7. The summed E-state index contributed by atoms with van der Waals surface area (Å²) in [7, 11) is -3.94. The smallest absolute Gasteiger partial charge is 0.341 e. The molecule has 0 fully saturated rings.